The zero-order valence-electron chi connectivity index (χ0n) is 13.6. The van der Waals surface area contributed by atoms with Gasteiger partial charge in [-0.05, 0) is 63.7 Å². The van der Waals surface area contributed by atoms with Gasteiger partial charge in [0, 0.05) is 13.1 Å². The topological polar surface area (TPSA) is 52.8 Å². The fourth-order valence-electron chi connectivity index (χ4n) is 3.00. The Hall–Kier alpha value is -1.49. The molecule has 1 unspecified atom stereocenters. The van der Waals surface area contributed by atoms with Crippen LogP contribution in [0.1, 0.15) is 44.4 Å². The van der Waals surface area contributed by atoms with Gasteiger partial charge in [0.15, 0.2) is 5.96 Å². The van der Waals surface area contributed by atoms with Gasteiger partial charge >= 0.3 is 0 Å². The second-order valence-corrected chi connectivity index (χ2v) is 6.32. The Labute approximate surface area is 133 Å². The molecule has 2 N–H and O–H groups in total. The van der Waals surface area contributed by atoms with Crippen molar-refractivity contribution in [3.05, 3.63) is 24.2 Å². The monoisotopic (exact) mass is 304 g/mol. The molecule has 0 aromatic carbocycles. The summed E-state index contributed by atoms with van der Waals surface area (Å²) in [6.07, 6.45) is 7.03. The Morgan fingerprint density at radius 3 is 2.82 bits per heavy atom. The molecule has 1 aliphatic carbocycles. The standard InChI is InChI=1S/C17H28N4O/c1-2-18-17(19-12-14-7-8-14)20-13-15(16-6-5-11-22-16)21-9-3-4-10-21/h5-6,11,14-15H,2-4,7-10,12-13H2,1H3,(H2,18,19,20). The number of guanidine groups is 1. The van der Waals surface area contributed by atoms with Crippen molar-refractivity contribution >= 4 is 5.96 Å². The van der Waals surface area contributed by atoms with Gasteiger partial charge in [-0.15, -0.1) is 0 Å². The van der Waals surface area contributed by atoms with Crippen molar-refractivity contribution in [2.75, 3.05) is 32.7 Å². The molecule has 1 saturated carbocycles. The Bertz CT molecular complexity index is 461. The van der Waals surface area contributed by atoms with Crippen molar-refractivity contribution in [1.82, 2.24) is 15.5 Å². The molecule has 122 valence electrons. The summed E-state index contributed by atoms with van der Waals surface area (Å²) in [6, 6.07) is 4.30. The summed E-state index contributed by atoms with van der Waals surface area (Å²) in [5.74, 6) is 2.82. The van der Waals surface area contributed by atoms with E-state index in [4.69, 9.17) is 9.41 Å². The van der Waals surface area contributed by atoms with Crippen molar-refractivity contribution in [2.24, 2.45) is 10.9 Å². The number of hydrogen-bond donors (Lipinski definition) is 2. The van der Waals surface area contributed by atoms with Crippen LogP contribution in [-0.4, -0.2) is 43.6 Å². The van der Waals surface area contributed by atoms with Crippen LogP contribution in [0.4, 0.5) is 0 Å². The van der Waals surface area contributed by atoms with Crippen LogP contribution in [0.5, 0.6) is 0 Å². The predicted molar refractivity (Wildman–Crippen MR) is 89.0 cm³/mol. The number of rotatable bonds is 7. The third-order valence-electron chi connectivity index (χ3n) is 4.47. The zero-order valence-corrected chi connectivity index (χ0v) is 13.6. The second-order valence-electron chi connectivity index (χ2n) is 6.32. The van der Waals surface area contributed by atoms with Crippen LogP contribution in [0.3, 0.4) is 0 Å². The molecule has 2 heterocycles. The fourth-order valence-corrected chi connectivity index (χ4v) is 3.00. The highest BCUT2D eigenvalue weighted by molar-refractivity contribution is 5.79. The number of hydrogen-bond acceptors (Lipinski definition) is 3. The van der Waals surface area contributed by atoms with E-state index in [-0.39, 0.29) is 6.04 Å². The molecule has 1 aromatic rings. The summed E-state index contributed by atoms with van der Waals surface area (Å²) < 4.78 is 5.66. The average molecular weight is 304 g/mol. The van der Waals surface area contributed by atoms with Crippen LogP contribution < -0.4 is 10.6 Å². The van der Waals surface area contributed by atoms with Gasteiger partial charge in [-0.2, -0.15) is 0 Å². The van der Waals surface area contributed by atoms with E-state index in [1.165, 1.54) is 25.7 Å². The molecule has 0 amide bonds. The van der Waals surface area contributed by atoms with Gasteiger partial charge in [0.1, 0.15) is 5.76 Å². The smallest absolute Gasteiger partial charge is 0.191 e. The van der Waals surface area contributed by atoms with E-state index in [0.29, 0.717) is 0 Å². The van der Waals surface area contributed by atoms with Crippen molar-refractivity contribution in [3.63, 3.8) is 0 Å². The molecule has 1 aliphatic heterocycles. The number of likely N-dealkylation sites (tertiary alicyclic amines) is 1. The first kappa shape index (κ1) is 15.4. The molecule has 1 saturated heterocycles. The van der Waals surface area contributed by atoms with Crippen molar-refractivity contribution in [1.29, 1.82) is 0 Å². The lowest BCUT2D eigenvalue weighted by Crippen LogP contribution is -2.39. The third kappa shape index (κ3) is 4.26. The molecule has 0 bridgehead atoms. The highest BCUT2D eigenvalue weighted by atomic mass is 16.3. The van der Waals surface area contributed by atoms with Crippen LogP contribution in [0, 0.1) is 5.92 Å². The van der Waals surface area contributed by atoms with E-state index in [1.807, 2.05) is 6.07 Å². The molecule has 3 rings (SSSR count). The van der Waals surface area contributed by atoms with Gasteiger partial charge in [0.25, 0.3) is 0 Å². The normalized spacial score (nSPS) is 21.0. The fraction of sp³-hybridized carbons (Fsp3) is 0.706. The SMILES string of the molecule is CCNC(=NCC(c1ccco1)N1CCCC1)NCC1CC1. The minimum absolute atomic E-state index is 0.258. The molecule has 5 heteroatoms. The van der Waals surface area contributed by atoms with E-state index in [2.05, 4.69) is 28.5 Å². The number of nitrogens with one attached hydrogen (secondary N) is 2. The summed E-state index contributed by atoms with van der Waals surface area (Å²) in [7, 11) is 0. The van der Waals surface area contributed by atoms with Crippen molar-refractivity contribution in [2.45, 2.75) is 38.6 Å². The predicted octanol–water partition coefficient (Wildman–Crippen LogP) is 2.38. The molecule has 2 aliphatic rings. The average Bonchev–Trinajstić information content (AvgIpc) is 3.00. The third-order valence-corrected chi connectivity index (χ3v) is 4.47. The largest absolute Gasteiger partial charge is 0.468 e. The minimum atomic E-state index is 0.258. The molecule has 22 heavy (non-hydrogen) atoms. The Balaban J connectivity index is 1.63. The van der Waals surface area contributed by atoms with Crippen LogP contribution in [0.15, 0.2) is 27.8 Å². The maximum absolute atomic E-state index is 5.66. The number of furan rings is 1. The number of nitrogens with zero attached hydrogens (tertiary/aromatic N) is 2. The molecule has 1 atom stereocenters. The summed E-state index contributed by atoms with van der Waals surface area (Å²) in [5, 5.41) is 6.81. The van der Waals surface area contributed by atoms with Crippen molar-refractivity contribution < 1.29 is 4.42 Å². The molecule has 0 spiro atoms. The Morgan fingerprint density at radius 1 is 1.36 bits per heavy atom. The van der Waals surface area contributed by atoms with Gasteiger partial charge in [0.05, 0.1) is 18.8 Å². The second kappa shape index (κ2) is 7.68. The lowest BCUT2D eigenvalue weighted by Gasteiger charge is -2.24. The van der Waals surface area contributed by atoms with Gasteiger partial charge in [-0.1, -0.05) is 0 Å². The molecule has 0 radical (unpaired) electrons. The first-order valence-electron chi connectivity index (χ1n) is 8.66. The van der Waals surface area contributed by atoms with Crippen LogP contribution in [-0.2, 0) is 0 Å². The maximum atomic E-state index is 5.66. The van der Waals surface area contributed by atoms with Crippen LogP contribution in [0.25, 0.3) is 0 Å². The lowest BCUT2D eigenvalue weighted by atomic mass is 10.2. The summed E-state index contributed by atoms with van der Waals surface area (Å²) >= 11 is 0. The first-order valence-corrected chi connectivity index (χ1v) is 8.66. The van der Waals surface area contributed by atoms with Crippen LogP contribution in [0.2, 0.25) is 0 Å². The highest BCUT2D eigenvalue weighted by Crippen LogP contribution is 2.28. The summed E-state index contributed by atoms with van der Waals surface area (Å²) in [4.78, 5) is 7.30. The summed E-state index contributed by atoms with van der Waals surface area (Å²) in [5.41, 5.74) is 0. The Kier molecular flexibility index (Phi) is 5.38. The minimum Gasteiger partial charge on any atom is -0.468 e. The Morgan fingerprint density at radius 2 is 2.18 bits per heavy atom. The zero-order chi connectivity index (χ0) is 15.2. The van der Waals surface area contributed by atoms with E-state index in [1.54, 1.807) is 6.26 Å². The lowest BCUT2D eigenvalue weighted by molar-refractivity contribution is 0.221. The highest BCUT2D eigenvalue weighted by Gasteiger charge is 2.25. The van der Waals surface area contributed by atoms with E-state index >= 15 is 0 Å². The van der Waals surface area contributed by atoms with Crippen molar-refractivity contribution in [3.8, 4) is 0 Å². The van der Waals surface area contributed by atoms with Gasteiger partial charge < -0.3 is 15.1 Å². The molecular formula is C17H28N4O. The number of aliphatic imine (C=N–C) groups is 1. The molecule has 2 fully saturated rings. The molecule has 1 aromatic heterocycles. The summed E-state index contributed by atoms with van der Waals surface area (Å²) in [6.45, 7) is 7.08. The quantitative estimate of drug-likeness (QED) is 0.600. The van der Waals surface area contributed by atoms with E-state index in [0.717, 1.165) is 50.4 Å². The van der Waals surface area contributed by atoms with Gasteiger partial charge in [0.2, 0.25) is 0 Å². The maximum Gasteiger partial charge on any atom is 0.191 e. The van der Waals surface area contributed by atoms with E-state index in [9.17, 15) is 0 Å². The first-order chi connectivity index (χ1) is 10.9. The van der Waals surface area contributed by atoms with Gasteiger partial charge in [-0.25, -0.2) is 0 Å². The van der Waals surface area contributed by atoms with E-state index < -0.39 is 0 Å². The van der Waals surface area contributed by atoms with Crippen LogP contribution >= 0.6 is 0 Å². The molecular weight excluding hydrogens is 276 g/mol. The van der Waals surface area contributed by atoms with Gasteiger partial charge in [-0.3, -0.25) is 9.89 Å². The molecule has 5 nitrogen and oxygen atoms in total.